The van der Waals surface area contributed by atoms with E-state index in [9.17, 15) is 0 Å². The van der Waals surface area contributed by atoms with E-state index in [4.69, 9.17) is 5.73 Å². The first-order valence-corrected chi connectivity index (χ1v) is 6.79. The average molecular weight is 317 g/mol. The van der Waals surface area contributed by atoms with Crippen LogP contribution in [-0.2, 0) is 0 Å². The van der Waals surface area contributed by atoms with Gasteiger partial charge in [0.15, 0.2) is 0 Å². The van der Waals surface area contributed by atoms with Crippen LogP contribution >= 0.6 is 15.9 Å². The summed E-state index contributed by atoms with van der Waals surface area (Å²) in [4.78, 5) is 8.46. The van der Waals surface area contributed by atoms with E-state index in [-0.39, 0.29) is 6.04 Å². The Hall–Kier alpha value is -1.88. The van der Waals surface area contributed by atoms with Gasteiger partial charge in [-0.2, -0.15) is 0 Å². The maximum atomic E-state index is 6.06. The lowest BCUT2D eigenvalue weighted by molar-refractivity contribution is 0.667. The zero-order valence-corrected chi connectivity index (χ0v) is 12.0. The fraction of sp³-hybridized carbons (Fsp3) is 0.143. The van der Waals surface area contributed by atoms with Gasteiger partial charge in [-0.3, -0.25) is 4.98 Å². The number of nitrogen functional groups attached to an aromatic ring is 1. The van der Waals surface area contributed by atoms with Crippen LogP contribution in [0.15, 0.2) is 47.2 Å². The molecule has 2 heterocycles. The molecule has 0 aliphatic rings. The van der Waals surface area contributed by atoms with Gasteiger partial charge in [-0.25, -0.2) is 4.98 Å². The van der Waals surface area contributed by atoms with Crippen molar-refractivity contribution in [1.82, 2.24) is 14.5 Å². The molecule has 2 aromatic heterocycles. The molecule has 3 rings (SSSR count). The van der Waals surface area contributed by atoms with Crippen molar-refractivity contribution in [3.8, 4) is 0 Å². The van der Waals surface area contributed by atoms with Crippen LogP contribution < -0.4 is 5.73 Å². The monoisotopic (exact) mass is 316 g/mol. The topological polar surface area (TPSA) is 56.7 Å². The summed E-state index contributed by atoms with van der Waals surface area (Å²) in [5.74, 6) is 0.525. The van der Waals surface area contributed by atoms with E-state index in [2.05, 4.69) is 32.8 Å². The van der Waals surface area contributed by atoms with Gasteiger partial charge in [-0.05, 0) is 42.8 Å². The number of rotatable bonds is 2. The third-order valence-electron chi connectivity index (χ3n) is 3.25. The lowest BCUT2D eigenvalue weighted by Crippen LogP contribution is -2.10. The number of nitrogens with zero attached hydrogens (tertiary/aromatic N) is 3. The standard InChI is InChI=1S/C14H13BrN4/c1-9(10-4-6-17-7-5-10)19-13-3-2-11(15)8-12(13)18-14(19)16/h2-9H,1H3,(H2,16,18). The van der Waals surface area contributed by atoms with Crippen LogP contribution in [0, 0.1) is 0 Å². The quantitative estimate of drug-likeness (QED) is 0.788. The Morgan fingerprint density at radius 3 is 2.68 bits per heavy atom. The molecule has 3 aromatic rings. The summed E-state index contributed by atoms with van der Waals surface area (Å²) < 4.78 is 3.04. The fourth-order valence-electron chi connectivity index (χ4n) is 2.29. The van der Waals surface area contributed by atoms with Crippen molar-refractivity contribution < 1.29 is 0 Å². The van der Waals surface area contributed by atoms with Gasteiger partial charge in [0.1, 0.15) is 0 Å². The summed E-state index contributed by atoms with van der Waals surface area (Å²) in [5, 5.41) is 0. The van der Waals surface area contributed by atoms with Crippen molar-refractivity contribution in [1.29, 1.82) is 0 Å². The summed E-state index contributed by atoms with van der Waals surface area (Å²) in [7, 11) is 0. The van der Waals surface area contributed by atoms with E-state index in [0.717, 1.165) is 21.1 Å². The van der Waals surface area contributed by atoms with Crippen LogP contribution in [0.25, 0.3) is 11.0 Å². The number of fused-ring (bicyclic) bond motifs is 1. The predicted octanol–water partition coefficient (Wildman–Crippen LogP) is 3.39. The molecule has 2 N–H and O–H groups in total. The van der Waals surface area contributed by atoms with Crippen LogP contribution in [0.3, 0.4) is 0 Å². The molecular weight excluding hydrogens is 304 g/mol. The van der Waals surface area contributed by atoms with Crippen LogP contribution in [0.5, 0.6) is 0 Å². The van der Waals surface area contributed by atoms with Gasteiger partial charge in [0, 0.05) is 16.9 Å². The number of aromatic nitrogens is 3. The Labute approximate surface area is 119 Å². The minimum absolute atomic E-state index is 0.120. The third-order valence-corrected chi connectivity index (χ3v) is 3.75. The van der Waals surface area contributed by atoms with E-state index < -0.39 is 0 Å². The molecular formula is C14H13BrN4. The highest BCUT2D eigenvalue weighted by Crippen LogP contribution is 2.28. The second-order valence-corrected chi connectivity index (χ2v) is 5.35. The SMILES string of the molecule is CC(c1ccncc1)n1c(N)nc2cc(Br)ccc21. The number of benzene rings is 1. The highest BCUT2D eigenvalue weighted by Gasteiger charge is 2.15. The fourth-order valence-corrected chi connectivity index (χ4v) is 2.64. The average Bonchev–Trinajstić information content (AvgIpc) is 2.74. The number of hydrogen-bond donors (Lipinski definition) is 1. The molecule has 0 aliphatic heterocycles. The summed E-state index contributed by atoms with van der Waals surface area (Å²) in [6.45, 7) is 2.11. The van der Waals surface area contributed by atoms with Gasteiger partial charge in [0.2, 0.25) is 5.95 Å². The molecule has 0 bridgehead atoms. The lowest BCUT2D eigenvalue weighted by atomic mass is 10.1. The Kier molecular flexibility index (Phi) is 2.98. The number of pyridine rings is 1. The number of halogens is 1. The smallest absolute Gasteiger partial charge is 0.201 e. The Bertz CT molecular complexity index is 721. The molecule has 0 radical (unpaired) electrons. The minimum Gasteiger partial charge on any atom is -0.369 e. The minimum atomic E-state index is 0.120. The van der Waals surface area contributed by atoms with Crippen LogP contribution in [0.2, 0.25) is 0 Å². The van der Waals surface area contributed by atoms with Crippen molar-refractivity contribution in [3.05, 3.63) is 52.8 Å². The molecule has 0 fully saturated rings. The van der Waals surface area contributed by atoms with Gasteiger partial charge >= 0.3 is 0 Å². The van der Waals surface area contributed by atoms with Crippen molar-refractivity contribution in [3.63, 3.8) is 0 Å². The van der Waals surface area contributed by atoms with Crippen molar-refractivity contribution in [2.45, 2.75) is 13.0 Å². The zero-order chi connectivity index (χ0) is 13.4. The normalized spacial score (nSPS) is 12.7. The number of anilines is 1. The summed E-state index contributed by atoms with van der Waals surface area (Å²) >= 11 is 3.45. The van der Waals surface area contributed by atoms with Crippen molar-refractivity contribution in [2.75, 3.05) is 5.73 Å². The molecule has 0 amide bonds. The van der Waals surface area contributed by atoms with E-state index in [1.165, 1.54) is 0 Å². The Morgan fingerprint density at radius 1 is 1.21 bits per heavy atom. The predicted molar refractivity (Wildman–Crippen MR) is 79.9 cm³/mol. The van der Waals surface area contributed by atoms with Crippen LogP contribution in [-0.4, -0.2) is 14.5 Å². The first-order valence-electron chi connectivity index (χ1n) is 5.99. The van der Waals surface area contributed by atoms with E-state index in [1.54, 1.807) is 12.4 Å². The number of nitrogens with two attached hydrogens (primary N) is 1. The molecule has 96 valence electrons. The molecule has 0 saturated carbocycles. The second kappa shape index (κ2) is 4.66. The largest absolute Gasteiger partial charge is 0.369 e. The molecule has 5 heteroatoms. The molecule has 4 nitrogen and oxygen atoms in total. The first kappa shape index (κ1) is 12.2. The highest BCUT2D eigenvalue weighted by molar-refractivity contribution is 9.10. The molecule has 0 saturated heterocycles. The number of imidazole rings is 1. The molecule has 1 aromatic carbocycles. The van der Waals surface area contributed by atoms with E-state index >= 15 is 0 Å². The molecule has 0 spiro atoms. The molecule has 19 heavy (non-hydrogen) atoms. The van der Waals surface area contributed by atoms with Gasteiger partial charge in [0.05, 0.1) is 17.1 Å². The Balaban J connectivity index is 2.17. The molecule has 0 aliphatic carbocycles. The van der Waals surface area contributed by atoms with Crippen molar-refractivity contribution >= 4 is 32.9 Å². The summed E-state index contributed by atoms with van der Waals surface area (Å²) in [6.07, 6.45) is 3.58. The molecule has 1 unspecified atom stereocenters. The van der Waals surface area contributed by atoms with Gasteiger partial charge < -0.3 is 10.3 Å². The lowest BCUT2D eigenvalue weighted by Gasteiger charge is -2.16. The highest BCUT2D eigenvalue weighted by atomic mass is 79.9. The van der Waals surface area contributed by atoms with Crippen LogP contribution in [0.1, 0.15) is 18.5 Å². The number of hydrogen-bond acceptors (Lipinski definition) is 3. The first-order chi connectivity index (χ1) is 9.16. The Morgan fingerprint density at radius 2 is 1.95 bits per heavy atom. The molecule has 1 atom stereocenters. The maximum absolute atomic E-state index is 6.06. The summed E-state index contributed by atoms with van der Waals surface area (Å²) in [5.41, 5.74) is 9.15. The maximum Gasteiger partial charge on any atom is 0.201 e. The van der Waals surface area contributed by atoms with Crippen LogP contribution in [0.4, 0.5) is 5.95 Å². The van der Waals surface area contributed by atoms with Gasteiger partial charge in [-0.15, -0.1) is 0 Å². The van der Waals surface area contributed by atoms with Gasteiger partial charge in [0.25, 0.3) is 0 Å². The van der Waals surface area contributed by atoms with Gasteiger partial charge in [-0.1, -0.05) is 15.9 Å². The van der Waals surface area contributed by atoms with E-state index in [0.29, 0.717) is 5.95 Å². The summed E-state index contributed by atoms with van der Waals surface area (Å²) in [6, 6.07) is 10.1. The van der Waals surface area contributed by atoms with Crippen molar-refractivity contribution in [2.24, 2.45) is 0 Å². The zero-order valence-electron chi connectivity index (χ0n) is 10.4. The van der Waals surface area contributed by atoms with E-state index in [1.807, 2.05) is 34.9 Å². The third kappa shape index (κ3) is 2.10. The second-order valence-electron chi connectivity index (χ2n) is 4.43.